The lowest BCUT2D eigenvalue weighted by Crippen LogP contribution is -2.50. The minimum Gasteiger partial charge on any atom is -0.349 e. The molecule has 1 unspecified atom stereocenters. The SMILES string of the molecule is Cc1cc(C)c2[nH]c(Br)c(CC3CNCCN3C)c2c1. The second kappa shape index (κ2) is 5.51. The first-order valence-corrected chi connectivity index (χ1v) is 8.04. The number of hydrogen-bond acceptors (Lipinski definition) is 2. The summed E-state index contributed by atoms with van der Waals surface area (Å²) in [5.41, 5.74) is 5.33. The Morgan fingerprint density at radius 2 is 2.15 bits per heavy atom. The average molecular weight is 336 g/mol. The maximum Gasteiger partial charge on any atom is 0.0864 e. The van der Waals surface area contributed by atoms with Crippen molar-refractivity contribution in [3.63, 3.8) is 0 Å². The molecule has 1 fully saturated rings. The molecule has 0 spiro atoms. The zero-order chi connectivity index (χ0) is 14.3. The fourth-order valence-corrected chi connectivity index (χ4v) is 3.77. The summed E-state index contributed by atoms with van der Waals surface area (Å²) in [7, 11) is 2.23. The van der Waals surface area contributed by atoms with Gasteiger partial charge in [0.15, 0.2) is 0 Å². The van der Waals surface area contributed by atoms with Crippen molar-refractivity contribution in [2.24, 2.45) is 0 Å². The number of nitrogens with one attached hydrogen (secondary N) is 2. The summed E-state index contributed by atoms with van der Waals surface area (Å²) in [5.74, 6) is 0. The van der Waals surface area contributed by atoms with E-state index < -0.39 is 0 Å². The third kappa shape index (κ3) is 2.52. The number of aromatic amines is 1. The van der Waals surface area contributed by atoms with Gasteiger partial charge in [-0.25, -0.2) is 0 Å². The molecule has 1 aromatic heterocycles. The number of hydrogen-bond donors (Lipinski definition) is 2. The topological polar surface area (TPSA) is 31.1 Å². The number of H-pyrrole nitrogens is 1. The van der Waals surface area contributed by atoms with Gasteiger partial charge in [-0.15, -0.1) is 0 Å². The lowest BCUT2D eigenvalue weighted by molar-refractivity contribution is 0.199. The molecule has 3 rings (SSSR count). The van der Waals surface area contributed by atoms with E-state index in [0.29, 0.717) is 6.04 Å². The Morgan fingerprint density at radius 3 is 2.90 bits per heavy atom. The summed E-state index contributed by atoms with van der Waals surface area (Å²) in [5, 5.41) is 4.87. The van der Waals surface area contributed by atoms with E-state index in [1.165, 1.54) is 27.6 Å². The van der Waals surface area contributed by atoms with Crippen LogP contribution in [0, 0.1) is 13.8 Å². The molecule has 0 saturated carbocycles. The first kappa shape index (κ1) is 14.1. The zero-order valence-corrected chi connectivity index (χ0v) is 14.0. The van der Waals surface area contributed by atoms with Crippen LogP contribution in [-0.2, 0) is 6.42 Å². The van der Waals surface area contributed by atoms with E-state index >= 15 is 0 Å². The van der Waals surface area contributed by atoms with Gasteiger partial charge < -0.3 is 15.2 Å². The molecule has 0 radical (unpaired) electrons. The lowest BCUT2D eigenvalue weighted by Gasteiger charge is -2.33. The van der Waals surface area contributed by atoms with Crippen LogP contribution in [0.25, 0.3) is 10.9 Å². The normalized spacial score (nSPS) is 20.7. The van der Waals surface area contributed by atoms with E-state index in [1.807, 2.05) is 0 Å². The molecule has 1 aliphatic rings. The number of nitrogens with zero attached hydrogens (tertiary/aromatic N) is 1. The standard InChI is InChI=1S/C16H22BrN3/c1-10-6-11(2)15-13(7-10)14(16(17)19-15)8-12-9-18-4-5-20(12)3/h6-7,12,18-19H,4-5,8-9H2,1-3H3. The predicted molar refractivity (Wildman–Crippen MR) is 88.5 cm³/mol. The second-order valence-electron chi connectivity index (χ2n) is 5.96. The van der Waals surface area contributed by atoms with Gasteiger partial charge >= 0.3 is 0 Å². The Labute approximate surface area is 128 Å². The number of likely N-dealkylation sites (N-methyl/N-ethyl adjacent to an activating group) is 1. The summed E-state index contributed by atoms with van der Waals surface area (Å²) >= 11 is 3.72. The number of benzene rings is 1. The lowest BCUT2D eigenvalue weighted by atomic mass is 10.00. The quantitative estimate of drug-likeness (QED) is 0.883. The summed E-state index contributed by atoms with van der Waals surface area (Å²) in [6.45, 7) is 7.64. The van der Waals surface area contributed by atoms with Crippen molar-refractivity contribution in [1.29, 1.82) is 0 Å². The van der Waals surface area contributed by atoms with Gasteiger partial charge in [-0.1, -0.05) is 11.6 Å². The smallest absolute Gasteiger partial charge is 0.0864 e. The molecule has 4 heteroatoms. The van der Waals surface area contributed by atoms with Crippen LogP contribution in [0.4, 0.5) is 0 Å². The van der Waals surface area contributed by atoms with E-state index in [1.54, 1.807) is 0 Å². The fraction of sp³-hybridized carbons (Fsp3) is 0.500. The molecule has 0 bridgehead atoms. The molecule has 1 saturated heterocycles. The Morgan fingerprint density at radius 1 is 1.35 bits per heavy atom. The Hall–Kier alpha value is -0.840. The van der Waals surface area contributed by atoms with Crippen molar-refractivity contribution in [1.82, 2.24) is 15.2 Å². The molecule has 1 atom stereocenters. The third-order valence-corrected chi connectivity index (χ3v) is 5.07. The van der Waals surface area contributed by atoms with Gasteiger partial charge in [0.05, 0.1) is 4.60 Å². The Balaban J connectivity index is 2.00. The maximum absolute atomic E-state index is 3.72. The number of halogens is 1. The molecular formula is C16H22BrN3. The highest BCUT2D eigenvalue weighted by Gasteiger charge is 2.22. The molecule has 0 amide bonds. The number of rotatable bonds is 2. The van der Waals surface area contributed by atoms with Gasteiger partial charge in [0.2, 0.25) is 0 Å². The van der Waals surface area contributed by atoms with E-state index in [9.17, 15) is 0 Å². The molecule has 108 valence electrons. The van der Waals surface area contributed by atoms with Crippen molar-refractivity contribution in [2.45, 2.75) is 26.3 Å². The monoisotopic (exact) mass is 335 g/mol. The van der Waals surface area contributed by atoms with Gasteiger partial charge in [-0.05, 0) is 60.4 Å². The number of aryl methyl sites for hydroxylation is 2. The van der Waals surface area contributed by atoms with Gasteiger partial charge in [-0.2, -0.15) is 0 Å². The third-order valence-electron chi connectivity index (χ3n) is 4.39. The van der Waals surface area contributed by atoms with Gasteiger partial charge in [0, 0.05) is 36.6 Å². The molecule has 1 aliphatic heterocycles. The van der Waals surface area contributed by atoms with Crippen LogP contribution in [-0.4, -0.2) is 42.6 Å². The van der Waals surface area contributed by atoms with E-state index in [-0.39, 0.29) is 0 Å². The number of piperazine rings is 1. The van der Waals surface area contributed by atoms with Gasteiger partial charge in [-0.3, -0.25) is 0 Å². The van der Waals surface area contributed by atoms with Gasteiger partial charge in [0.25, 0.3) is 0 Å². The first-order chi connectivity index (χ1) is 9.56. The highest BCUT2D eigenvalue weighted by atomic mass is 79.9. The number of fused-ring (bicyclic) bond motifs is 1. The van der Waals surface area contributed by atoms with Crippen LogP contribution in [0.1, 0.15) is 16.7 Å². The highest BCUT2D eigenvalue weighted by molar-refractivity contribution is 9.10. The number of aromatic nitrogens is 1. The highest BCUT2D eigenvalue weighted by Crippen LogP contribution is 2.31. The van der Waals surface area contributed by atoms with Crippen molar-refractivity contribution < 1.29 is 0 Å². The second-order valence-corrected chi connectivity index (χ2v) is 6.76. The van der Waals surface area contributed by atoms with Crippen LogP contribution < -0.4 is 5.32 Å². The van der Waals surface area contributed by atoms with Crippen molar-refractivity contribution in [3.05, 3.63) is 33.4 Å². The maximum atomic E-state index is 3.72. The van der Waals surface area contributed by atoms with E-state index in [4.69, 9.17) is 0 Å². The first-order valence-electron chi connectivity index (χ1n) is 7.24. The molecule has 20 heavy (non-hydrogen) atoms. The van der Waals surface area contributed by atoms with Crippen molar-refractivity contribution in [3.8, 4) is 0 Å². The van der Waals surface area contributed by atoms with Crippen molar-refractivity contribution >= 4 is 26.8 Å². The summed E-state index contributed by atoms with van der Waals surface area (Å²) in [4.78, 5) is 5.97. The minimum atomic E-state index is 0.569. The molecule has 1 aromatic carbocycles. The van der Waals surface area contributed by atoms with Crippen LogP contribution in [0.3, 0.4) is 0 Å². The minimum absolute atomic E-state index is 0.569. The Kier molecular flexibility index (Phi) is 3.89. The van der Waals surface area contributed by atoms with E-state index in [2.05, 4.69) is 64.2 Å². The largest absolute Gasteiger partial charge is 0.349 e. The molecule has 0 aliphatic carbocycles. The van der Waals surface area contributed by atoms with Crippen molar-refractivity contribution in [2.75, 3.05) is 26.7 Å². The van der Waals surface area contributed by atoms with Crippen LogP contribution in [0.2, 0.25) is 0 Å². The molecule has 3 nitrogen and oxygen atoms in total. The zero-order valence-electron chi connectivity index (χ0n) is 12.4. The average Bonchev–Trinajstić information content (AvgIpc) is 2.70. The van der Waals surface area contributed by atoms with Crippen LogP contribution in [0.15, 0.2) is 16.7 Å². The predicted octanol–water partition coefficient (Wildman–Crippen LogP) is 2.99. The summed E-state index contributed by atoms with van der Waals surface area (Å²) in [6, 6.07) is 5.11. The molecule has 2 N–H and O–H groups in total. The summed E-state index contributed by atoms with van der Waals surface area (Å²) in [6.07, 6.45) is 1.08. The van der Waals surface area contributed by atoms with E-state index in [0.717, 1.165) is 30.7 Å². The molecular weight excluding hydrogens is 314 g/mol. The molecule has 2 aromatic rings. The molecule has 2 heterocycles. The fourth-order valence-electron chi connectivity index (χ4n) is 3.20. The Bertz CT molecular complexity index is 632. The van der Waals surface area contributed by atoms with Crippen LogP contribution >= 0.6 is 15.9 Å². The van der Waals surface area contributed by atoms with Gasteiger partial charge in [0.1, 0.15) is 0 Å². The van der Waals surface area contributed by atoms with Crippen LogP contribution in [0.5, 0.6) is 0 Å². The summed E-state index contributed by atoms with van der Waals surface area (Å²) < 4.78 is 1.14.